The van der Waals surface area contributed by atoms with Crippen LogP contribution in [-0.4, -0.2) is 172 Å². The summed E-state index contributed by atoms with van der Waals surface area (Å²) in [5.74, 6) is 0. The first kappa shape index (κ1) is 30.0. The van der Waals surface area contributed by atoms with Gasteiger partial charge in [0, 0.05) is 0 Å². The van der Waals surface area contributed by atoms with Gasteiger partial charge in [-0.05, 0) is 0 Å². The van der Waals surface area contributed by atoms with Gasteiger partial charge in [-0.3, -0.25) is 9.79 Å². The fourth-order valence-corrected chi connectivity index (χ4v) is 0.305. The van der Waals surface area contributed by atoms with Gasteiger partial charge in [0.2, 0.25) is 0 Å². The minimum absolute atomic E-state index is 0. The quantitative estimate of drug-likeness (QED) is 0.338. The molecule has 0 aliphatic carbocycles. The van der Waals surface area contributed by atoms with Crippen molar-refractivity contribution >= 4 is 165 Å². The van der Waals surface area contributed by atoms with Crippen LogP contribution < -0.4 is 0 Å². The Kier molecular flexibility index (Phi) is 38.6. The second-order valence-electron chi connectivity index (χ2n) is 0.848. The molecule has 0 saturated heterocycles. The van der Waals surface area contributed by atoms with Crippen molar-refractivity contribution in [1.82, 2.24) is 0 Å². The summed E-state index contributed by atoms with van der Waals surface area (Å²) in [5, 5.41) is 7.53. The topological polar surface area (TPSA) is 104 Å². The number of carboxylic acid groups (broad SMARTS) is 1. The van der Waals surface area contributed by atoms with E-state index in [1.165, 1.54) is 0 Å². The number of carbonyl (C=O) groups is 1. The molecule has 6 nitrogen and oxygen atoms in total. The Labute approximate surface area is 188 Å². The van der Waals surface area contributed by atoms with Gasteiger partial charge < -0.3 is 9.63 Å². The van der Waals surface area contributed by atoms with Gasteiger partial charge in [-0.25, -0.2) is 9.36 Å². The molecule has 0 aliphatic rings. The van der Waals surface area contributed by atoms with Gasteiger partial charge in [-0.15, -0.1) is 0 Å². The number of phosphoric ester groups is 1. The van der Waals surface area contributed by atoms with E-state index >= 15 is 0 Å². The predicted octanol–water partition coefficient (Wildman–Crippen LogP) is -3.89. The third kappa shape index (κ3) is 29.3. The average molecular weight is 310 g/mol. The molecule has 0 atom stereocenters. The fourth-order valence-electron chi connectivity index (χ4n) is 0.102. The van der Waals surface area contributed by atoms with Crippen molar-refractivity contribution in [3.63, 3.8) is 0 Å². The van der Waals surface area contributed by atoms with Crippen LogP contribution in [0.25, 0.3) is 0 Å². The van der Waals surface area contributed by atoms with Crippen molar-refractivity contribution in [3.05, 3.63) is 0 Å². The van der Waals surface area contributed by atoms with E-state index in [4.69, 9.17) is 14.9 Å². The van der Waals surface area contributed by atoms with Crippen LogP contribution in [0.2, 0.25) is 0 Å². The molecule has 0 aromatic rings. The van der Waals surface area contributed by atoms with Gasteiger partial charge in [0.15, 0.2) is 0 Å². The van der Waals surface area contributed by atoms with E-state index in [0.29, 0.717) is 0 Å². The number of phosphoric acid groups is 1. The normalized spacial score (nSPS) is 7.17. The van der Waals surface area contributed by atoms with E-state index in [1.807, 2.05) is 0 Å². The second kappa shape index (κ2) is 15.5. The Morgan fingerprint density at radius 1 is 1.08 bits per heavy atom. The van der Waals surface area contributed by atoms with Gasteiger partial charge in [0.05, 0.1) is 0 Å². The molecule has 0 saturated carbocycles. The Balaban J connectivity index is -0.0000000408. The first-order valence-corrected chi connectivity index (χ1v) is 2.93. The molecular formula is CH11Ca4O6P. The molecule has 0 unspecified atom stereocenters. The molecule has 0 heterocycles. The van der Waals surface area contributed by atoms with E-state index in [9.17, 15) is 9.36 Å². The first-order chi connectivity index (χ1) is 3.42. The molecule has 0 spiro atoms. The molecule has 0 aromatic heterocycles. The molecule has 0 amide bonds. The summed E-state index contributed by atoms with van der Waals surface area (Å²) in [6.45, 7) is 0. The summed E-state index contributed by atoms with van der Waals surface area (Å²) in [6.07, 6.45) is -1.99. The van der Waals surface area contributed by atoms with E-state index in [2.05, 4.69) is 4.52 Å². The van der Waals surface area contributed by atoms with E-state index in [0.717, 1.165) is 0 Å². The van der Waals surface area contributed by atoms with Crippen LogP contribution in [0.3, 0.4) is 0 Å². The summed E-state index contributed by atoms with van der Waals surface area (Å²) >= 11 is 0. The molecule has 0 fully saturated rings. The Morgan fingerprint density at radius 3 is 1.33 bits per heavy atom. The van der Waals surface area contributed by atoms with Crippen molar-refractivity contribution < 1.29 is 28.8 Å². The van der Waals surface area contributed by atoms with Gasteiger partial charge in [0.25, 0.3) is 0 Å². The van der Waals surface area contributed by atoms with Crippen molar-refractivity contribution in [1.29, 1.82) is 0 Å². The summed E-state index contributed by atoms with van der Waals surface area (Å²) in [5.41, 5.74) is 0. The number of hydrogen-bond acceptors (Lipinski definition) is 3. The molecule has 0 aromatic carbocycles. The SMILES string of the molecule is O=C(O)OP(=O)(O)O.[CaH2].[CaH2].[CaH2].[CaH2]. The van der Waals surface area contributed by atoms with Crippen LogP contribution in [-0.2, 0) is 9.09 Å². The average Bonchev–Trinajstić information content (AvgIpc) is 1.21. The monoisotopic (exact) mass is 310 g/mol. The van der Waals surface area contributed by atoms with Crippen LogP contribution in [0, 0.1) is 0 Å². The summed E-state index contributed by atoms with van der Waals surface area (Å²) in [7, 11) is -4.82. The predicted molar refractivity (Wildman–Crippen MR) is 55.3 cm³/mol. The van der Waals surface area contributed by atoms with E-state index < -0.39 is 14.0 Å². The van der Waals surface area contributed by atoms with E-state index in [-0.39, 0.29) is 151 Å². The van der Waals surface area contributed by atoms with Gasteiger partial charge >= 0.3 is 165 Å². The molecule has 0 bridgehead atoms. The maximum atomic E-state index is 9.53. The third-order valence-electron chi connectivity index (χ3n) is 0.197. The van der Waals surface area contributed by atoms with Crippen molar-refractivity contribution in [3.8, 4) is 0 Å². The molecule has 0 radical (unpaired) electrons. The van der Waals surface area contributed by atoms with Crippen LogP contribution in [0.15, 0.2) is 0 Å². The zero-order valence-corrected chi connectivity index (χ0v) is 4.41. The van der Waals surface area contributed by atoms with Crippen molar-refractivity contribution in [2.24, 2.45) is 0 Å². The molecule has 11 heteroatoms. The summed E-state index contributed by atoms with van der Waals surface area (Å²) in [4.78, 5) is 24.7. The third-order valence-corrected chi connectivity index (χ3v) is 0.591. The fraction of sp³-hybridized carbons (Fsp3) is 0. The molecule has 0 aliphatic heterocycles. The van der Waals surface area contributed by atoms with Crippen LogP contribution in [0.1, 0.15) is 0 Å². The van der Waals surface area contributed by atoms with Crippen LogP contribution >= 0.6 is 7.82 Å². The van der Waals surface area contributed by atoms with Gasteiger partial charge in [-0.1, -0.05) is 0 Å². The summed E-state index contributed by atoms with van der Waals surface area (Å²) < 4.78 is 12.6. The van der Waals surface area contributed by atoms with Crippen LogP contribution in [0.4, 0.5) is 4.79 Å². The molecule has 3 N–H and O–H groups in total. The van der Waals surface area contributed by atoms with Gasteiger partial charge in [-0.2, -0.15) is 0 Å². The number of hydrogen-bond donors (Lipinski definition) is 3. The Morgan fingerprint density at radius 2 is 1.33 bits per heavy atom. The minimum atomic E-state index is -4.82. The Hall–Kier alpha value is 4.46. The zero-order valence-electron chi connectivity index (χ0n) is 3.51. The van der Waals surface area contributed by atoms with Gasteiger partial charge in [0.1, 0.15) is 0 Å². The van der Waals surface area contributed by atoms with Crippen LogP contribution in [0.5, 0.6) is 0 Å². The zero-order chi connectivity index (χ0) is 6.78. The summed E-state index contributed by atoms with van der Waals surface area (Å²) in [6, 6.07) is 0. The first-order valence-electron chi connectivity index (χ1n) is 1.40. The van der Waals surface area contributed by atoms with E-state index in [1.54, 1.807) is 0 Å². The molecule has 64 valence electrons. The standard InChI is InChI=1S/CH3O6P.4Ca.8H/c2-1(3)7-8(4,5)6;;;;;;;;;;;;/h(H,2,3)(H2,4,5,6);;;;;;;;;;;;. The second-order valence-corrected chi connectivity index (χ2v) is 2.01. The van der Waals surface area contributed by atoms with Crippen molar-refractivity contribution in [2.45, 2.75) is 0 Å². The Bertz CT molecular complexity index is 142. The molecule has 12 heavy (non-hydrogen) atoms. The number of rotatable bonds is 1. The maximum absolute atomic E-state index is 9.53. The van der Waals surface area contributed by atoms with Crippen molar-refractivity contribution in [2.75, 3.05) is 0 Å². The molecular weight excluding hydrogens is 299 g/mol. The molecule has 0 rings (SSSR count).